The lowest BCUT2D eigenvalue weighted by Gasteiger charge is -2.29. The lowest BCUT2D eigenvalue weighted by atomic mass is 10.00. The molecule has 0 amide bonds. The van der Waals surface area contributed by atoms with Crippen molar-refractivity contribution >= 4 is 23.0 Å². The maximum atomic E-state index is 5.85. The second kappa shape index (κ2) is 8.04. The number of pyridine rings is 1. The average molecular weight is 429 g/mol. The topological polar surface area (TPSA) is 46.2 Å². The summed E-state index contributed by atoms with van der Waals surface area (Å²) in [6, 6.07) is 20.5. The molecule has 156 valence electrons. The van der Waals surface area contributed by atoms with Crippen LogP contribution in [-0.4, -0.2) is 14.7 Å². The number of anilines is 1. The Morgan fingerprint density at radius 2 is 1.94 bits per heavy atom. The fourth-order valence-electron chi connectivity index (χ4n) is 4.22. The summed E-state index contributed by atoms with van der Waals surface area (Å²) in [5, 5.41) is 4.24. The van der Waals surface area contributed by atoms with E-state index in [-0.39, 0.29) is 12.1 Å². The van der Waals surface area contributed by atoms with Crippen molar-refractivity contribution in [3.8, 4) is 0 Å². The summed E-state index contributed by atoms with van der Waals surface area (Å²) in [5.74, 6) is 0.915. The van der Waals surface area contributed by atoms with Crippen LogP contribution >= 0.6 is 12.2 Å². The standard InChI is InChI=1S/C25H24N4OS/c1-17-10-11-19(15-18(17)2)29-24(23(27-25(29)31)21-8-3-4-12-26-21)22-9-5-13-28(22)16-20-7-6-14-30-20/h3-15,23-24H,16H2,1-2H3,(H,27,31)/t23-,24+/m0/s1. The number of benzene rings is 1. The predicted molar refractivity (Wildman–Crippen MR) is 126 cm³/mol. The Hall–Kier alpha value is -3.38. The predicted octanol–water partition coefficient (Wildman–Crippen LogP) is 5.32. The molecule has 4 aromatic rings. The van der Waals surface area contributed by atoms with E-state index in [4.69, 9.17) is 16.6 Å². The molecule has 1 aromatic carbocycles. The molecule has 0 unspecified atom stereocenters. The first-order valence-corrected chi connectivity index (χ1v) is 10.8. The summed E-state index contributed by atoms with van der Waals surface area (Å²) in [5.41, 5.74) is 5.70. The normalized spacial score (nSPS) is 18.4. The van der Waals surface area contributed by atoms with E-state index in [2.05, 4.69) is 76.2 Å². The highest BCUT2D eigenvalue weighted by molar-refractivity contribution is 7.80. The number of thiocarbonyl (C=S) groups is 1. The van der Waals surface area contributed by atoms with Crippen molar-refractivity contribution in [1.82, 2.24) is 14.9 Å². The Morgan fingerprint density at radius 3 is 2.68 bits per heavy atom. The van der Waals surface area contributed by atoms with Crippen molar-refractivity contribution in [3.63, 3.8) is 0 Å². The van der Waals surface area contributed by atoms with Gasteiger partial charge in [-0.3, -0.25) is 4.98 Å². The smallest absolute Gasteiger partial charge is 0.174 e. The van der Waals surface area contributed by atoms with Gasteiger partial charge in [-0.25, -0.2) is 0 Å². The summed E-state index contributed by atoms with van der Waals surface area (Å²) in [6.45, 7) is 4.92. The number of aryl methyl sites for hydroxylation is 2. The minimum atomic E-state index is -0.0689. The van der Waals surface area contributed by atoms with Crippen LogP contribution in [0.1, 0.15) is 40.4 Å². The number of hydrogen-bond donors (Lipinski definition) is 1. The molecule has 6 heteroatoms. The molecule has 1 aliphatic heterocycles. The molecular formula is C25H24N4OS. The molecule has 1 aliphatic rings. The van der Waals surface area contributed by atoms with Gasteiger partial charge in [-0.2, -0.15) is 0 Å². The Kier molecular flexibility index (Phi) is 5.08. The van der Waals surface area contributed by atoms with E-state index in [0.29, 0.717) is 11.7 Å². The highest BCUT2D eigenvalue weighted by Gasteiger charge is 2.42. The fourth-order valence-corrected chi connectivity index (χ4v) is 4.57. The molecule has 3 aromatic heterocycles. The zero-order chi connectivity index (χ0) is 21.4. The quantitative estimate of drug-likeness (QED) is 0.436. The molecule has 31 heavy (non-hydrogen) atoms. The Balaban J connectivity index is 1.62. The van der Waals surface area contributed by atoms with Crippen molar-refractivity contribution in [2.45, 2.75) is 32.5 Å². The number of nitrogens with one attached hydrogen (secondary N) is 1. The molecule has 0 saturated carbocycles. The zero-order valence-electron chi connectivity index (χ0n) is 17.5. The second-order valence-corrected chi connectivity index (χ2v) is 8.29. The second-order valence-electron chi connectivity index (χ2n) is 7.91. The molecule has 4 heterocycles. The molecule has 0 spiro atoms. The zero-order valence-corrected chi connectivity index (χ0v) is 18.3. The van der Waals surface area contributed by atoms with Crippen LogP contribution in [0.4, 0.5) is 5.69 Å². The van der Waals surface area contributed by atoms with Crippen LogP contribution < -0.4 is 10.2 Å². The van der Waals surface area contributed by atoms with Crippen LogP contribution in [0.2, 0.25) is 0 Å². The molecule has 1 N–H and O–H groups in total. The fraction of sp³-hybridized carbons (Fsp3) is 0.200. The average Bonchev–Trinajstić information content (AvgIpc) is 3.52. The number of rotatable bonds is 5. The number of aromatic nitrogens is 2. The van der Waals surface area contributed by atoms with Gasteiger partial charge in [0.1, 0.15) is 11.8 Å². The van der Waals surface area contributed by atoms with Gasteiger partial charge >= 0.3 is 0 Å². The van der Waals surface area contributed by atoms with Gasteiger partial charge in [-0.1, -0.05) is 12.1 Å². The third-order valence-electron chi connectivity index (χ3n) is 5.94. The lowest BCUT2D eigenvalue weighted by molar-refractivity contribution is 0.475. The van der Waals surface area contributed by atoms with Gasteiger partial charge in [-0.15, -0.1) is 0 Å². The third-order valence-corrected chi connectivity index (χ3v) is 6.26. The van der Waals surface area contributed by atoms with Gasteiger partial charge in [0.25, 0.3) is 0 Å². The molecule has 0 bridgehead atoms. The summed E-state index contributed by atoms with van der Waals surface area (Å²) in [4.78, 5) is 6.86. The molecule has 5 nitrogen and oxygen atoms in total. The van der Waals surface area contributed by atoms with Gasteiger partial charge in [-0.05, 0) is 85.7 Å². The SMILES string of the molecule is Cc1ccc(N2C(=S)N[C@@H](c3ccccn3)[C@H]2c2cccn2Cc2ccco2)cc1C. The van der Waals surface area contributed by atoms with Gasteiger partial charge < -0.3 is 19.2 Å². The minimum Gasteiger partial charge on any atom is -0.467 e. The van der Waals surface area contributed by atoms with Gasteiger partial charge in [0.15, 0.2) is 5.11 Å². The Bertz CT molecular complexity index is 1200. The lowest BCUT2D eigenvalue weighted by Crippen LogP contribution is -2.30. The first-order valence-electron chi connectivity index (χ1n) is 10.4. The van der Waals surface area contributed by atoms with E-state index in [1.807, 2.05) is 30.5 Å². The van der Waals surface area contributed by atoms with Crippen molar-refractivity contribution < 1.29 is 4.42 Å². The van der Waals surface area contributed by atoms with Gasteiger partial charge in [0, 0.05) is 23.8 Å². The van der Waals surface area contributed by atoms with Crippen molar-refractivity contribution in [3.05, 3.63) is 108 Å². The van der Waals surface area contributed by atoms with Crippen LogP contribution in [0, 0.1) is 13.8 Å². The molecule has 0 aliphatic carbocycles. The maximum Gasteiger partial charge on any atom is 0.174 e. The Morgan fingerprint density at radius 1 is 1.03 bits per heavy atom. The monoisotopic (exact) mass is 428 g/mol. The first-order chi connectivity index (χ1) is 15.1. The minimum absolute atomic E-state index is 0.0468. The molecular weight excluding hydrogens is 404 g/mol. The molecule has 0 radical (unpaired) electrons. The highest BCUT2D eigenvalue weighted by atomic mass is 32.1. The van der Waals surface area contributed by atoms with Crippen LogP contribution in [0.25, 0.3) is 0 Å². The van der Waals surface area contributed by atoms with Crippen LogP contribution in [0.5, 0.6) is 0 Å². The highest BCUT2D eigenvalue weighted by Crippen LogP contribution is 2.42. The van der Waals surface area contributed by atoms with E-state index in [0.717, 1.165) is 22.8 Å². The van der Waals surface area contributed by atoms with Crippen LogP contribution in [-0.2, 0) is 6.54 Å². The molecule has 5 rings (SSSR count). The van der Waals surface area contributed by atoms with E-state index in [9.17, 15) is 0 Å². The number of nitrogens with zero attached hydrogens (tertiary/aromatic N) is 3. The van der Waals surface area contributed by atoms with Crippen molar-refractivity contribution in [2.75, 3.05) is 4.90 Å². The number of hydrogen-bond acceptors (Lipinski definition) is 3. The van der Waals surface area contributed by atoms with Crippen molar-refractivity contribution in [1.29, 1.82) is 0 Å². The van der Waals surface area contributed by atoms with E-state index >= 15 is 0 Å². The largest absolute Gasteiger partial charge is 0.467 e. The summed E-state index contributed by atoms with van der Waals surface area (Å²) >= 11 is 5.85. The summed E-state index contributed by atoms with van der Waals surface area (Å²) in [7, 11) is 0. The molecule has 1 fully saturated rings. The van der Waals surface area contributed by atoms with Crippen LogP contribution in [0.15, 0.2) is 83.7 Å². The van der Waals surface area contributed by atoms with Crippen molar-refractivity contribution in [2.24, 2.45) is 0 Å². The van der Waals surface area contributed by atoms with Crippen LogP contribution in [0.3, 0.4) is 0 Å². The summed E-state index contributed by atoms with van der Waals surface area (Å²) < 4.78 is 7.83. The molecule has 1 saturated heterocycles. The Labute approximate surface area is 187 Å². The van der Waals surface area contributed by atoms with Gasteiger partial charge in [0.05, 0.1) is 24.5 Å². The van der Waals surface area contributed by atoms with Gasteiger partial charge in [0.2, 0.25) is 0 Å². The maximum absolute atomic E-state index is 5.85. The molecule has 2 atom stereocenters. The number of furan rings is 1. The van der Waals surface area contributed by atoms with E-state index in [1.165, 1.54) is 11.1 Å². The first kappa shape index (κ1) is 19.6. The van der Waals surface area contributed by atoms with E-state index in [1.54, 1.807) is 6.26 Å². The third kappa shape index (κ3) is 3.64. The van der Waals surface area contributed by atoms with E-state index < -0.39 is 0 Å². The summed E-state index contributed by atoms with van der Waals surface area (Å²) in [6.07, 6.45) is 5.63.